The van der Waals surface area contributed by atoms with Gasteiger partial charge in [0.05, 0.1) is 23.8 Å². The molecule has 0 aromatic rings. The number of likely N-dealkylation sites (tertiary alicyclic amines) is 1. The van der Waals surface area contributed by atoms with Gasteiger partial charge in [-0.15, -0.1) is 0 Å². The van der Waals surface area contributed by atoms with Crippen LogP contribution in [0.4, 0.5) is 0 Å². The Hall–Kier alpha value is -1.22. The van der Waals surface area contributed by atoms with Gasteiger partial charge in [0.2, 0.25) is 11.8 Å². The third kappa shape index (κ3) is 2.30. The maximum Gasteiger partial charge on any atom is 0.241 e. The number of nitrogens with two attached hydrogens (primary N) is 1. The van der Waals surface area contributed by atoms with Crippen LogP contribution in [0.1, 0.15) is 38.5 Å². The van der Waals surface area contributed by atoms with Crippen molar-refractivity contribution in [2.75, 3.05) is 6.54 Å². The van der Waals surface area contributed by atoms with Gasteiger partial charge >= 0.3 is 0 Å². The molecule has 0 aromatic carbocycles. The van der Waals surface area contributed by atoms with Crippen LogP contribution in [0.2, 0.25) is 0 Å². The summed E-state index contributed by atoms with van der Waals surface area (Å²) in [6.07, 6.45) is 4.83. The predicted molar refractivity (Wildman–Crippen MR) is 93.8 cm³/mol. The first-order valence-corrected chi connectivity index (χ1v) is 10.4. The number of aliphatic hydroxyl groups is 1. The Bertz CT molecular complexity index is 664. The molecule has 148 valence electrons. The highest BCUT2D eigenvalue weighted by Gasteiger charge is 2.64. The molecule has 8 heteroatoms. The van der Waals surface area contributed by atoms with Gasteiger partial charge in [0, 0.05) is 18.0 Å². The van der Waals surface area contributed by atoms with Gasteiger partial charge in [-0.1, -0.05) is 0 Å². The van der Waals surface area contributed by atoms with Gasteiger partial charge in [0.15, 0.2) is 0 Å². The van der Waals surface area contributed by atoms with Crippen molar-refractivity contribution < 1.29 is 19.4 Å². The van der Waals surface area contributed by atoms with E-state index in [1.54, 1.807) is 0 Å². The van der Waals surface area contributed by atoms with Gasteiger partial charge in [0.25, 0.3) is 0 Å². The van der Waals surface area contributed by atoms with E-state index in [1.807, 2.05) is 0 Å². The predicted octanol–water partition coefficient (Wildman–Crippen LogP) is -1.13. The smallest absolute Gasteiger partial charge is 0.241 e. The fourth-order valence-corrected chi connectivity index (χ4v) is 7.39. The van der Waals surface area contributed by atoms with Crippen molar-refractivity contribution >= 4 is 11.8 Å². The molecule has 7 fully saturated rings. The Morgan fingerprint density at radius 2 is 2.04 bits per heavy atom. The molecule has 6 bridgehead atoms. The lowest BCUT2D eigenvalue weighted by molar-refractivity contribution is -0.145. The summed E-state index contributed by atoms with van der Waals surface area (Å²) in [7, 11) is 0. The second-order valence-electron chi connectivity index (χ2n) is 9.84. The summed E-state index contributed by atoms with van der Waals surface area (Å²) in [6.45, 7) is -0.0922. The molecule has 7 aliphatic rings. The zero-order valence-corrected chi connectivity index (χ0v) is 15.3. The normalized spacial score (nSPS) is 54.7. The standard InChI is InChI=1S/C19H28N4O4/c20-11-4-12-14-15(16(11)27-12)18(26)23(17(14)25)7-13(24)22-19-5-8-1-9(6-19)3-10(2-8)21-19/h8-12,14-16,18,21,26H,1-7,20H2,(H,22,24). The molecule has 2 saturated carbocycles. The Balaban J connectivity index is 1.16. The van der Waals surface area contributed by atoms with Crippen molar-refractivity contribution in [1.29, 1.82) is 0 Å². The number of rotatable bonds is 3. The Kier molecular flexibility index (Phi) is 3.36. The first-order valence-electron chi connectivity index (χ1n) is 10.4. The van der Waals surface area contributed by atoms with E-state index in [0.717, 1.165) is 12.8 Å². The van der Waals surface area contributed by atoms with Crippen molar-refractivity contribution in [2.24, 2.45) is 29.4 Å². The van der Waals surface area contributed by atoms with E-state index in [-0.39, 0.29) is 54.1 Å². The molecule has 5 aliphatic heterocycles. The van der Waals surface area contributed by atoms with Gasteiger partial charge in [-0.25, -0.2) is 0 Å². The van der Waals surface area contributed by atoms with E-state index in [1.165, 1.54) is 24.2 Å². The van der Waals surface area contributed by atoms with Crippen LogP contribution in [-0.2, 0) is 14.3 Å². The lowest BCUT2D eigenvalue weighted by Crippen LogP contribution is -2.71. The molecule has 5 heterocycles. The van der Waals surface area contributed by atoms with Gasteiger partial charge in [-0.3, -0.25) is 14.9 Å². The van der Waals surface area contributed by atoms with Gasteiger partial charge < -0.3 is 25.8 Å². The van der Waals surface area contributed by atoms with E-state index in [0.29, 0.717) is 24.3 Å². The van der Waals surface area contributed by atoms with Crippen LogP contribution in [0.25, 0.3) is 0 Å². The van der Waals surface area contributed by atoms with Crippen LogP contribution >= 0.6 is 0 Å². The fraction of sp³-hybridized carbons (Fsp3) is 0.895. The summed E-state index contributed by atoms with van der Waals surface area (Å²) in [5, 5.41) is 17.6. The lowest BCUT2D eigenvalue weighted by atomic mass is 9.62. The van der Waals surface area contributed by atoms with E-state index in [4.69, 9.17) is 10.5 Å². The molecule has 8 atom stereocenters. The lowest BCUT2D eigenvalue weighted by Gasteiger charge is -2.57. The Morgan fingerprint density at radius 1 is 1.30 bits per heavy atom. The maximum atomic E-state index is 12.8. The Labute approximate surface area is 158 Å². The molecule has 0 radical (unpaired) electrons. The topological polar surface area (TPSA) is 117 Å². The molecular formula is C19H28N4O4. The minimum Gasteiger partial charge on any atom is -0.373 e. The summed E-state index contributed by atoms with van der Waals surface area (Å²) in [6, 6.07) is 0.368. The summed E-state index contributed by atoms with van der Waals surface area (Å²) in [4.78, 5) is 27.0. The van der Waals surface area contributed by atoms with Gasteiger partial charge in [-0.2, -0.15) is 0 Å². The maximum absolute atomic E-state index is 12.8. The number of aliphatic hydroxyl groups excluding tert-OH is 1. The fourth-order valence-electron chi connectivity index (χ4n) is 7.39. The SMILES string of the molecule is NC1CC2OC1C1C2C(=O)N(CC(=O)NC23CC4CC(CC(C4)N2)C3)C1O. The quantitative estimate of drug-likeness (QED) is 0.495. The van der Waals surface area contributed by atoms with Crippen molar-refractivity contribution in [3.05, 3.63) is 0 Å². The van der Waals surface area contributed by atoms with Crippen LogP contribution in [0.3, 0.4) is 0 Å². The molecule has 0 aromatic heterocycles. The van der Waals surface area contributed by atoms with Crippen LogP contribution in [0.5, 0.6) is 0 Å². The zero-order chi connectivity index (χ0) is 18.5. The van der Waals surface area contributed by atoms with Crippen LogP contribution in [-0.4, -0.2) is 64.5 Å². The van der Waals surface area contributed by atoms with Crippen molar-refractivity contribution in [2.45, 2.75) is 74.7 Å². The molecule has 8 unspecified atom stereocenters. The average Bonchev–Trinajstić information content (AvgIpc) is 3.20. The second kappa shape index (κ2) is 5.43. The summed E-state index contributed by atoms with van der Waals surface area (Å²) >= 11 is 0. The minimum atomic E-state index is -0.987. The first-order chi connectivity index (χ1) is 12.9. The summed E-state index contributed by atoms with van der Waals surface area (Å²) in [5.74, 6) is 0.371. The highest BCUT2D eigenvalue weighted by atomic mass is 16.5. The van der Waals surface area contributed by atoms with E-state index < -0.39 is 6.23 Å². The molecule has 2 aliphatic carbocycles. The number of carbonyl (C=O) groups is 2. The van der Waals surface area contributed by atoms with Crippen LogP contribution in [0, 0.1) is 23.7 Å². The molecule has 5 N–H and O–H groups in total. The monoisotopic (exact) mass is 376 g/mol. The number of carbonyl (C=O) groups excluding carboxylic acids is 2. The third-order valence-electron chi connectivity index (χ3n) is 8.03. The molecule has 8 nitrogen and oxygen atoms in total. The number of piperidine rings is 2. The summed E-state index contributed by atoms with van der Waals surface area (Å²) in [5.41, 5.74) is 5.75. The second-order valence-corrected chi connectivity index (χ2v) is 9.84. The third-order valence-corrected chi connectivity index (χ3v) is 8.03. The van der Waals surface area contributed by atoms with Gasteiger partial charge in [0.1, 0.15) is 12.8 Å². The molecule has 2 amide bonds. The number of nitrogens with zero attached hydrogens (tertiary/aromatic N) is 1. The molecule has 0 spiro atoms. The number of hydrogen-bond acceptors (Lipinski definition) is 6. The van der Waals surface area contributed by atoms with E-state index in [9.17, 15) is 14.7 Å². The molecule has 27 heavy (non-hydrogen) atoms. The van der Waals surface area contributed by atoms with Crippen molar-refractivity contribution in [1.82, 2.24) is 15.5 Å². The number of hydrogen-bond donors (Lipinski definition) is 4. The average molecular weight is 376 g/mol. The number of nitrogens with one attached hydrogen (secondary N) is 2. The Morgan fingerprint density at radius 3 is 2.74 bits per heavy atom. The van der Waals surface area contributed by atoms with Crippen LogP contribution in [0.15, 0.2) is 0 Å². The minimum absolute atomic E-state index is 0.0922. The van der Waals surface area contributed by atoms with E-state index >= 15 is 0 Å². The largest absolute Gasteiger partial charge is 0.373 e. The number of amides is 2. The molecule has 7 rings (SSSR count). The van der Waals surface area contributed by atoms with Gasteiger partial charge in [-0.05, 0) is 50.4 Å². The number of fused-ring (bicyclic) bond motifs is 5. The highest BCUT2D eigenvalue weighted by Crippen LogP contribution is 2.50. The number of ether oxygens (including phenoxy) is 1. The highest BCUT2D eigenvalue weighted by molar-refractivity contribution is 5.89. The summed E-state index contributed by atoms with van der Waals surface area (Å²) < 4.78 is 5.79. The van der Waals surface area contributed by atoms with Crippen molar-refractivity contribution in [3.8, 4) is 0 Å². The molecule has 5 saturated heterocycles. The van der Waals surface area contributed by atoms with Crippen molar-refractivity contribution in [3.63, 3.8) is 0 Å². The molecular weight excluding hydrogens is 348 g/mol. The van der Waals surface area contributed by atoms with E-state index in [2.05, 4.69) is 10.6 Å². The van der Waals surface area contributed by atoms with Crippen LogP contribution < -0.4 is 16.4 Å². The first kappa shape index (κ1) is 16.7. The zero-order valence-electron chi connectivity index (χ0n) is 15.3.